The van der Waals surface area contributed by atoms with Crippen molar-refractivity contribution in [3.8, 4) is 11.5 Å². The molecule has 4 aromatic rings. The highest BCUT2D eigenvalue weighted by Gasteiger charge is 2.22. The molecule has 0 saturated heterocycles. The molecule has 0 heterocycles. The van der Waals surface area contributed by atoms with Crippen LogP contribution < -0.4 is 20.4 Å². The van der Waals surface area contributed by atoms with Crippen molar-refractivity contribution in [2.45, 2.75) is 53.4 Å². The van der Waals surface area contributed by atoms with Crippen molar-refractivity contribution >= 4 is 34.8 Å². The van der Waals surface area contributed by atoms with Gasteiger partial charge in [-0.1, -0.05) is 49.2 Å². The lowest BCUT2D eigenvalue weighted by Crippen LogP contribution is -2.27. The third kappa shape index (κ3) is 9.57. The van der Waals surface area contributed by atoms with E-state index in [-0.39, 0.29) is 56.7 Å². The predicted octanol–water partition coefficient (Wildman–Crippen LogP) is 6.97. The van der Waals surface area contributed by atoms with E-state index in [2.05, 4.69) is 20.4 Å². The van der Waals surface area contributed by atoms with E-state index in [1.54, 1.807) is 84.9 Å². The lowest BCUT2D eigenvalue weighted by atomic mass is 9.97. The molecule has 0 unspecified atom stereocenters. The van der Waals surface area contributed by atoms with Crippen LogP contribution in [0.15, 0.2) is 84.9 Å². The molecule has 0 aliphatic rings. The van der Waals surface area contributed by atoms with Gasteiger partial charge in [0.25, 0.3) is 11.8 Å². The number of unbranched alkanes of at least 4 members (excludes halogenated alkanes) is 3. The summed E-state index contributed by atoms with van der Waals surface area (Å²) >= 11 is 0. The van der Waals surface area contributed by atoms with Crippen molar-refractivity contribution in [2.75, 3.05) is 49.1 Å². The Hall–Kier alpha value is -5.64. The number of hydrogen-bond acceptors (Lipinski definition) is 8. The standard InChI is InChI=1S/C42H50N4O6/c1-5-45(6-2)29-21-23-35(37(47)27-29)39(49)31-17-11-13-19-33(31)41(51)43-25-15-9-10-16-26-44-42(52)34-20-14-12-18-32(34)40(50)36-24-22-30(28-38(36)48)46(7-3)8-4/h11-14,17-24,27-28,47-48H,5-10,15-16,25-26H2,1-4H3,(H,43,51)(H,44,52). The number of ketones is 2. The average Bonchev–Trinajstić information content (AvgIpc) is 3.16. The summed E-state index contributed by atoms with van der Waals surface area (Å²) in [6.45, 7) is 12.0. The summed E-state index contributed by atoms with van der Waals surface area (Å²) in [7, 11) is 0. The van der Waals surface area contributed by atoms with Crippen LogP contribution in [0, 0.1) is 0 Å². The van der Waals surface area contributed by atoms with Crippen molar-refractivity contribution in [3.63, 3.8) is 0 Å². The molecule has 0 atom stereocenters. The fraction of sp³-hybridized carbons (Fsp3) is 0.333. The number of carbonyl (C=O) groups is 4. The fourth-order valence-corrected chi connectivity index (χ4v) is 6.24. The molecule has 0 aliphatic heterocycles. The Balaban J connectivity index is 1.24. The Morgan fingerprint density at radius 2 is 0.827 bits per heavy atom. The number of phenolic OH excluding ortho intramolecular Hbond substituents is 2. The van der Waals surface area contributed by atoms with E-state index in [1.165, 1.54) is 0 Å². The summed E-state index contributed by atoms with van der Waals surface area (Å²) < 4.78 is 0. The number of aromatic hydroxyl groups is 2. The van der Waals surface area contributed by atoms with Gasteiger partial charge in [0.15, 0.2) is 11.6 Å². The van der Waals surface area contributed by atoms with Crippen molar-refractivity contribution < 1.29 is 29.4 Å². The summed E-state index contributed by atoms with van der Waals surface area (Å²) in [5, 5.41) is 27.1. The van der Waals surface area contributed by atoms with Crippen LogP contribution in [0.25, 0.3) is 0 Å². The van der Waals surface area contributed by atoms with Gasteiger partial charge in [0, 0.05) is 73.9 Å². The van der Waals surface area contributed by atoms with Crippen molar-refractivity contribution in [1.82, 2.24) is 10.6 Å². The zero-order chi connectivity index (χ0) is 37.6. The summed E-state index contributed by atoms with van der Waals surface area (Å²) in [6, 6.07) is 23.1. The van der Waals surface area contributed by atoms with Gasteiger partial charge in [-0.2, -0.15) is 0 Å². The van der Waals surface area contributed by atoms with E-state index in [0.717, 1.165) is 50.4 Å². The van der Waals surface area contributed by atoms with E-state index in [1.807, 2.05) is 27.7 Å². The average molecular weight is 707 g/mol. The molecule has 0 radical (unpaired) electrons. The summed E-state index contributed by atoms with van der Waals surface area (Å²) in [4.78, 5) is 57.1. The molecule has 0 bridgehead atoms. The lowest BCUT2D eigenvalue weighted by Gasteiger charge is -2.21. The second-order valence-corrected chi connectivity index (χ2v) is 12.4. The van der Waals surface area contributed by atoms with Gasteiger partial charge in [0.2, 0.25) is 0 Å². The molecular formula is C42H50N4O6. The maximum atomic E-state index is 13.4. The van der Waals surface area contributed by atoms with E-state index >= 15 is 0 Å². The molecule has 10 heteroatoms. The number of nitrogens with one attached hydrogen (secondary N) is 2. The van der Waals surface area contributed by atoms with Gasteiger partial charge in [-0.15, -0.1) is 0 Å². The second-order valence-electron chi connectivity index (χ2n) is 12.4. The number of rotatable bonds is 19. The van der Waals surface area contributed by atoms with E-state index in [9.17, 15) is 29.4 Å². The van der Waals surface area contributed by atoms with Crippen molar-refractivity contribution in [1.29, 1.82) is 0 Å². The van der Waals surface area contributed by atoms with Gasteiger partial charge in [0.05, 0.1) is 22.3 Å². The Bertz CT molecular complexity index is 1730. The first-order chi connectivity index (χ1) is 25.1. The molecule has 274 valence electrons. The third-order valence-corrected chi connectivity index (χ3v) is 9.22. The first kappa shape index (κ1) is 39.2. The first-order valence-electron chi connectivity index (χ1n) is 18.1. The monoisotopic (exact) mass is 706 g/mol. The molecule has 4 rings (SSSR count). The van der Waals surface area contributed by atoms with Gasteiger partial charge in [-0.3, -0.25) is 19.2 Å². The molecule has 4 N–H and O–H groups in total. The Morgan fingerprint density at radius 1 is 0.481 bits per heavy atom. The normalized spacial score (nSPS) is 10.8. The van der Waals surface area contributed by atoms with Crippen LogP contribution in [0.3, 0.4) is 0 Å². The SMILES string of the molecule is CCN(CC)c1ccc(C(=O)c2ccccc2C(=O)NCCCCCCNC(=O)c2ccccc2C(=O)c2ccc(N(CC)CC)cc2O)c(O)c1. The molecular weight excluding hydrogens is 656 g/mol. The largest absolute Gasteiger partial charge is 0.507 e. The summed E-state index contributed by atoms with van der Waals surface area (Å²) in [6.07, 6.45) is 3.03. The van der Waals surface area contributed by atoms with Gasteiger partial charge in [-0.05, 0) is 76.9 Å². The number of carbonyl (C=O) groups excluding carboxylic acids is 4. The minimum Gasteiger partial charge on any atom is -0.507 e. The number of phenols is 2. The number of benzene rings is 4. The minimum atomic E-state index is -0.425. The quantitative estimate of drug-likeness (QED) is 0.0606. The Morgan fingerprint density at radius 3 is 1.15 bits per heavy atom. The Kier molecular flexibility index (Phi) is 14.4. The topological polar surface area (TPSA) is 139 Å². The smallest absolute Gasteiger partial charge is 0.252 e. The van der Waals surface area contributed by atoms with Crippen LogP contribution in [0.4, 0.5) is 11.4 Å². The number of anilines is 2. The van der Waals surface area contributed by atoms with Gasteiger partial charge in [-0.25, -0.2) is 0 Å². The molecule has 0 saturated carbocycles. The van der Waals surface area contributed by atoms with Crippen LogP contribution in [0.2, 0.25) is 0 Å². The van der Waals surface area contributed by atoms with Crippen molar-refractivity contribution in [2.24, 2.45) is 0 Å². The highest BCUT2D eigenvalue weighted by atomic mass is 16.3. The number of hydrogen-bond donors (Lipinski definition) is 4. The summed E-state index contributed by atoms with van der Waals surface area (Å²) in [5.74, 6) is -1.84. The third-order valence-electron chi connectivity index (χ3n) is 9.22. The molecule has 0 aromatic heterocycles. The zero-order valence-electron chi connectivity index (χ0n) is 30.6. The van der Waals surface area contributed by atoms with Crippen LogP contribution in [-0.2, 0) is 0 Å². The van der Waals surface area contributed by atoms with E-state index in [0.29, 0.717) is 25.9 Å². The maximum Gasteiger partial charge on any atom is 0.252 e. The molecule has 0 aliphatic carbocycles. The van der Waals surface area contributed by atoms with Crippen LogP contribution in [-0.4, -0.2) is 72.9 Å². The lowest BCUT2D eigenvalue weighted by molar-refractivity contribution is 0.0936. The van der Waals surface area contributed by atoms with E-state index < -0.39 is 11.6 Å². The predicted molar refractivity (Wildman–Crippen MR) is 206 cm³/mol. The highest BCUT2D eigenvalue weighted by molar-refractivity contribution is 6.17. The van der Waals surface area contributed by atoms with Crippen LogP contribution >= 0.6 is 0 Å². The molecule has 10 nitrogen and oxygen atoms in total. The first-order valence-corrected chi connectivity index (χ1v) is 18.1. The zero-order valence-corrected chi connectivity index (χ0v) is 30.6. The highest BCUT2D eigenvalue weighted by Crippen LogP contribution is 2.29. The molecule has 4 aromatic carbocycles. The summed E-state index contributed by atoms with van der Waals surface area (Å²) in [5.41, 5.74) is 2.83. The maximum absolute atomic E-state index is 13.4. The van der Waals surface area contributed by atoms with Gasteiger partial charge in [0.1, 0.15) is 11.5 Å². The van der Waals surface area contributed by atoms with E-state index in [4.69, 9.17) is 0 Å². The molecule has 52 heavy (non-hydrogen) atoms. The fourth-order valence-electron chi connectivity index (χ4n) is 6.24. The van der Waals surface area contributed by atoms with Crippen LogP contribution in [0.5, 0.6) is 11.5 Å². The van der Waals surface area contributed by atoms with Crippen molar-refractivity contribution in [3.05, 3.63) is 118 Å². The number of amides is 2. The minimum absolute atomic E-state index is 0.129. The Labute approximate surface area is 306 Å². The number of nitrogens with zero attached hydrogens (tertiary/aromatic N) is 2. The second kappa shape index (κ2) is 19.1. The van der Waals surface area contributed by atoms with Gasteiger partial charge >= 0.3 is 0 Å². The molecule has 2 amide bonds. The van der Waals surface area contributed by atoms with Gasteiger partial charge < -0.3 is 30.6 Å². The molecule has 0 fully saturated rings. The molecule has 0 spiro atoms. The van der Waals surface area contributed by atoms with Crippen LogP contribution in [0.1, 0.15) is 106 Å².